The van der Waals surface area contributed by atoms with Gasteiger partial charge in [-0.25, -0.2) is 0 Å². The first-order valence-corrected chi connectivity index (χ1v) is 9.14. The van der Waals surface area contributed by atoms with Gasteiger partial charge in [-0.2, -0.15) is 5.26 Å². The summed E-state index contributed by atoms with van der Waals surface area (Å²) in [6, 6.07) is 8.47. The Balaban J connectivity index is 0.00000261. The quantitative estimate of drug-likeness (QED) is 0.584. The molecule has 0 radical (unpaired) electrons. The Kier molecular flexibility index (Phi) is 7.52. The molecule has 0 bridgehead atoms. The van der Waals surface area contributed by atoms with Crippen molar-refractivity contribution in [2.24, 2.45) is 0 Å². The predicted molar refractivity (Wildman–Crippen MR) is 108 cm³/mol. The molecule has 7 heteroatoms. The fraction of sp³-hybridized carbons (Fsp3) is 0.500. The van der Waals surface area contributed by atoms with Gasteiger partial charge in [0, 0.05) is 51.2 Å². The van der Waals surface area contributed by atoms with Crippen molar-refractivity contribution in [2.45, 2.75) is 13.8 Å². The lowest BCUT2D eigenvalue weighted by Gasteiger charge is -2.37. The third-order valence-corrected chi connectivity index (χ3v) is 5.19. The minimum atomic E-state index is -0.187. The fourth-order valence-electron chi connectivity index (χ4n) is 3.42. The van der Waals surface area contributed by atoms with Gasteiger partial charge < -0.3 is 19.4 Å². The number of hydrogen-bond donors (Lipinski definition) is 0. The smallest absolute Gasteiger partial charge is 0.266 e. The van der Waals surface area contributed by atoms with E-state index in [2.05, 4.69) is 47.9 Å². The zero-order valence-corrected chi connectivity index (χ0v) is 16.8. The zero-order valence-electron chi connectivity index (χ0n) is 16.0. The third kappa shape index (κ3) is 4.94. The summed E-state index contributed by atoms with van der Waals surface area (Å²) in [5, 5.41) is 9.42. The number of carbonyl (C=O) groups excluding carboxylic acids is 1. The summed E-state index contributed by atoms with van der Waals surface area (Å²) in [6.45, 7) is 9.84. The van der Waals surface area contributed by atoms with Crippen LogP contribution in [-0.2, 0) is 9.53 Å². The Bertz CT molecular complexity index is 730. The number of anilines is 1. The summed E-state index contributed by atoms with van der Waals surface area (Å²) in [6.07, 6.45) is 1.73. The second-order valence-electron chi connectivity index (χ2n) is 6.80. The molecular weight excluding hydrogens is 364 g/mol. The van der Waals surface area contributed by atoms with Crippen molar-refractivity contribution in [1.29, 1.82) is 5.26 Å². The van der Waals surface area contributed by atoms with Crippen LogP contribution in [0.15, 0.2) is 30.0 Å². The average molecular weight is 391 g/mol. The molecule has 0 spiro atoms. The molecule has 1 aromatic rings. The van der Waals surface area contributed by atoms with Gasteiger partial charge in [0.1, 0.15) is 11.6 Å². The van der Waals surface area contributed by atoms with Crippen molar-refractivity contribution in [2.75, 3.05) is 57.4 Å². The van der Waals surface area contributed by atoms with Crippen LogP contribution in [0.25, 0.3) is 0 Å². The molecule has 2 fully saturated rings. The van der Waals surface area contributed by atoms with E-state index in [0.717, 1.165) is 26.2 Å². The Morgan fingerprint density at radius 3 is 2.41 bits per heavy atom. The van der Waals surface area contributed by atoms with Gasteiger partial charge >= 0.3 is 0 Å². The van der Waals surface area contributed by atoms with Crippen LogP contribution in [0.1, 0.15) is 11.1 Å². The van der Waals surface area contributed by atoms with E-state index in [-0.39, 0.29) is 23.9 Å². The summed E-state index contributed by atoms with van der Waals surface area (Å²) >= 11 is 0. The largest absolute Gasteiger partial charge is 0.378 e. The van der Waals surface area contributed by atoms with Crippen molar-refractivity contribution < 1.29 is 9.53 Å². The van der Waals surface area contributed by atoms with E-state index in [1.165, 1.54) is 16.8 Å². The Morgan fingerprint density at radius 1 is 1.11 bits per heavy atom. The maximum absolute atomic E-state index is 12.5. The molecule has 0 unspecified atom stereocenters. The Morgan fingerprint density at radius 2 is 1.78 bits per heavy atom. The summed E-state index contributed by atoms with van der Waals surface area (Å²) in [4.78, 5) is 18.7. The SMILES string of the molecule is Cc1cccc(N2CCN(/C=C(/C#N)C(=O)N3CCOCC3)CC2)c1C.Cl. The van der Waals surface area contributed by atoms with Crippen LogP contribution in [0, 0.1) is 25.2 Å². The second kappa shape index (κ2) is 9.63. The van der Waals surface area contributed by atoms with Crippen molar-refractivity contribution in [3.05, 3.63) is 41.1 Å². The average Bonchev–Trinajstić information content (AvgIpc) is 2.69. The monoisotopic (exact) mass is 390 g/mol. The highest BCUT2D eigenvalue weighted by Crippen LogP contribution is 2.24. The van der Waals surface area contributed by atoms with Crippen LogP contribution in [-0.4, -0.2) is 68.2 Å². The molecule has 2 heterocycles. The molecule has 2 saturated heterocycles. The number of morpholine rings is 1. The second-order valence-corrected chi connectivity index (χ2v) is 6.80. The highest BCUT2D eigenvalue weighted by atomic mass is 35.5. The molecule has 0 atom stereocenters. The van der Waals surface area contributed by atoms with Gasteiger partial charge in [0.05, 0.1) is 13.2 Å². The highest BCUT2D eigenvalue weighted by molar-refractivity contribution is 5.97. The van der Waals surface area contributed by atoms with Crippen LogP contribution in [0.4, 0.5) is 5.69 Å². The summed E-state index contributed by atoms with van der Waals surface area (Å²) in [5.41, 5.74) is 4.11. The molecular formula is C20H27ClN4O2. The number of piperazine rings is 1. The van der Waals surface area contributed by atoms with Crippen LogP contribution in [0.2, 0.25) is 0 Å². The fourth-order valence-corrected chi connectivity index (χ4v) is 3.42. The molecule has 1 amide bonds. The molecule has 6 nitrogen and oxygen atoms in total. The molecule has 2 aliphatic heterocycles. The molecule has 146 valence electrons. The summed E-state index contributed by atoms with van der Waals surface area (Å²) < 4.78 is 5.27. The lowest BCUT2D eigenvalue weighted by Crippen LogP contribution is -2.45. The first-order chi connectivity index (χ1) is 12.6. The topological polar surface area (TPSA) is 59.8 Å². The van der Waals surface area contributed by atoms with Crippen molar-refractivity contribution in [3.8, 4) is 6.07 Å². The molecule has 0 aliphatic carbocycles. The van der Waals surface area contributed by atoms with Crippen molar-refractivity contribution >= 4 is 24.0 Å². The minimum Gasteiger partial charge on any atom is -0.378 e. The van der Waals surface area contributed by atoms with Crippen LogP contribution < -0.4 is 4.90 Å². The standard InChI is InChI=1S/C20H26N4O2.ClH/c1-16-4-3-5-19(17(16)2)23-8-6-22(7-9-23)15-18(14-21)20(25)24-10-12-26-13-11-24;/h3-5,15H,6-13H2,1-2H3;1H/b18-15-;. The number of aryl methyl sites for hydroxylation is 1. The molecule has 2 aliphatic rings. The predicted octanol–water partition coefficient (Wildman–Crippen LogP) is 2.11. The van der Waals surface area contributed by atoms with Gasteiger partial charge in [-0.15, -0.1) is 12.4 Å². The van der Waals surface area contributed by atoms with E-state index in [4.69, 9.17) is 4.74 Å². The maximum Gasteiger partial charge on any atom is 0.266 e. The third-order valence-electron chi connectivity index (χ3n) is 5.19. The van der Waals surface area contributed by atoms with Gasteiger partial charge in [0.25, 0.3) is 5.91 Å². The summed E-state index contributed by atoms with van der Waals surface area (Å²) in [7, 11) is 0. The molecule has 0 saturated carbocycles. The number of rotatable bonds is 3. The number of amides is 1. The van der Waals surface area contributed by atoms with Crippen molar-refractivity contribution in [3.63, 3.8) is 0 Å². The number of benzene rings is 1. The number of nitriles is 1. The molecule has 3 rings (SSSR count). The molecule has 1 aromatic carbocycles. The lowest BCUT2D eigenvalue weighted by molar-refractivity contribution is -0.130. The number of nitrogens with zero attached hydrogens (tertiary/aromatic N) is 4. The summed E-state index contributed by atoms with van der Waals surface area (Å²) in [5.74, 6) is -0.187. The Labute approximate surface area is 167 Å². The zero-order chi connectivity index (χ0) is 18.5. The molecule has 27 heavy (non-hydrogen) atoms. The number of halogens is 1. The lowest BCUT2D eigenvalue weighted by atomic mass is 10.1. The van der Waals surface area contributed by atoms with E-state index in [0.29, 0.717) is 26.3 Å². The first kappa shape index (κ1) is 21.1. The molecule has 0 aromatic heterocycles. The van der Waals surface area contributed by atoms with Crippen LogP contribution >= 0.6 is 12.4 Å². The normalized spacial score (nSPS) is 18.0. The van der Waals surface area contributed by atoms with Crippen molar-refractivity contribution in [1.82, 2.24) is 9.80 Å². The van der Waals surface area contributed by atoms with Gasteiger partial charge in [0.2, 0.25) is 0 Å². The van der Waals surface area contributed by atoms with Gasteiger partial charge in [-0.05, 0) is 31.0 Å². The minimum absolute atomic E-state index is 0. The van der Waals surface area contributed by atoms with E-state index in [1.54, 1.807) is 11.1 Å². The van der Waals surface area contributed by atoms with Crippen LogP contribution in [0.3, 0.4) is 0 Å². The van der Waals surface area contributed by atoms with Gasteiger partial charge in [-0.3, -0.25) is 4.79 Å². The van der Waals surface area contributed by atoms with E-state index in [1.807, 2.05) is 0 Å². The van der Waals surface area contributed by atoms with Crippen LogP contribution in [0.5, 0.6) is 0 Å². The number of hydrogen-bond acceptors (Lipinski definition) is 5. The van der Waals surface area contributed by atoms with E-state index < -0.39 is 0 Å². The number of ether oxygens (including phenoxy) is 1. The molecule has 0 N–H and O–H groups in total. The van der Waals surface area contributed by atoms with E-state index >= 15 is 0 Å². The van der Waals surface area contributed by atoms with E-state index in [9.17, 15) is 10.1 Å². The first-order valence-electron chi connectivity index (χ1n) is 9.14. The van der Waals surface area contributed by atoms with Gasteiger partial charge in [-0.1, -0.05) is 12.1 Å². The Hall–Kier alpha value is -2.23. The maximum atomic E-state index is 12.5. The van der Waals surface area contributed by atoms with Gasteiger partial charge in [0.15, 0.2) is 0 Å². The number of carbonyl (C=O) groups is 1. The highest BCUT2D eigenvalue weighted by Gasteiger charge is 2.23.